The first-order valence-electron chi connectivity index (χ1n) is 9.26. The van der Waals surface area contributed by atoms with E-state index in [0.717, 1.165) is 19.3 Å². The Morgan fingerprint density at radius 3 is 2.92 bits per heavy atom. The van der Waals surface area contributed by atoms with Gasteiger partial charge < -0.3 is 14.7 Å². The smallest absolute Gasteiger partial charge is 0.305 e. The van der Waals surface area contributed by atoms with E-state index in [1.165, 1.54) is 7.11 Å². The average Bonchev–Trinajstić information content (AvgIpc) is 2.99. The van der Waals surface area contributed by atoms with Gasteiger partial charge in [0.05, 0.1) is 19.3 Å². The van der Waals surface area contributed by atoms with Crippen LogP contribution in [0.25, 0.3) is 0 Å². The molecular formula is C21H31NO4. The zero-order valence-electron chi connectivity index (χ0n) is 16.1. The summed E-state index contributed by atoms with van der Waals surface area (Å²) in [7, 11) is 1.39. The van der Waals surface area contributed by atoms with Gasteiger partial charge in [-0.05, 0) is 32.1 Å². The zero-order valence-corrected chi connectivity index (χ0v) is 16.1. The Labute approximate surface area is 157 Å². The number of likely N-dealkylation sites (tertiary alicyclic amines) is 1. The molecule has 1 amide bonds. The third kappa shape index (κ3) is 7.88. The summed E-state index contributed by atoms with van der Waals surface area (Å²) in [5.74, 6) is 5.83. The molecule has 1 N–H and O–H groups in total. The molecule has 1 rings (SSSR count). The quantitative estimate of drug-likeness (QED) is 0.281. The van der Waals surface area contributed by atoms with Crippen LogP contribution in [0.15, 0.2) is 24.3 Å². The summed E-state index contributed by atoms with van der Waals surface area (Å²) in [6.45, 7) is 4.31. The number of carbonyl (C=O) groups excluding carboxylic acids is 2. The fraction of sp³-hybridized carbons (Fsp3) is 0.619. The lowest BCUT2D eigenvalue weighted by Gasteiger charge is -2.21. The molecule has 1 aliphatic rings. The maximum atomic E-state index is 12.1. The van der Waals surface area contributed by atoms with Crippen molar-refractivity contribution in [2.75, 3.05) is 13.7 Å². The maximum absolute atomic E-state index is 12.1. The van der Waals surface area contributed by atoms with Crippen molar-refractivity contribution in [3.63, 3.8) is 0 Å². The first-order chi connectivity index (χ1) is 12.5. The summed E-state index contributed by atoms with van der Waals surface area (Å²) >= 11 is 0. The molecule has 144 valence electrons. The summed E-state index contributed by atoms with van der Waals surface area (Å²) in [6, 6.07) is 0.0290. The monoisotopic (exact) mass is 361 g/mol. The maximum Gasteiger partial charge on any atom is 0.305 e. The van der Waals surface area contributed by atoms with Crippen molar-refractivity contribution in [1.29, 1.82) is 0 Å². The molecule has 1 unspecified atom stereocenters. The van der Waals surface area contributed by atoms with E-state index in [1.807, 2.05) is 30.1 Å². The molecule has 26 heavy (non-hydrogen) atoms. The number of unbranched alkanes of at least 4 members (excludes halogenated alkanes) is 1. The van der Waals surface area contributed by atoms with E-state index in [9.17, 15) is 14.7 Å². The topological polar surface area (TPSA) is 66.8 Å². The first-order valence-corrected chi connectivity index (χ1v) is 9.26. The van der Waals surface area contributed by atoms with E-state index in [4.69, 9.17) is 0 Å². The van der Waals surface area contributed by atoms with Gasteiger partial charge in [0.15, 0.2) is 0 Å². The van der Waals surface area contributed by atoms with Crippen molar-refractivity contribution in [2.45, 2.75) is 64.5 Å². The molecule has 5 nitrogen and oxygen atoms in total. The predicted octanol–water partition coefficient (Wildman–Crippen LogP) is 2.84. The van der Waals surface area contributed by atoms with E-state index >= 15 is 0 Å². The number of rotatable bonds is 10. The highest BCUT2D eigenvalue weighted by atomic mass is 16.5. The highest BCUT2D eigenvalue weighted by molar-refractivity contribution is 5.79. The third-order valence-electron chi connectivity index (χ3n) is 4.54. The molecular weight excluding hydrogens is 330 g/mol. The Morgan fingerprint density at radius 2 is 2.23 bits per heavy atom. The fourth-order valence-electron chi connectivity index (χ4n) is 2.78. The molecule has 0 aromatic carbocycles. The Morgan fingerprint density at radius 1 is 1.46 bits per heavy atom. The van der Waals surface area contributed by atoms with E-state index in [2.05, 4.69) is 16.6 Å². The van der Waals surface area contributed by atoms with Gasteiger partial charge in [-0.1, -0.05) is 31.2 Å². The predicted molar refractivity (Wildman–Crippen MR) is 102 cm³/mol. The van der Waals surface area contributed by atoms with Gasteiger partial charge in [0.25, 0.3) is 0 Å². The number of allylic oxidation sites excluding steroid dienone is 1. The number of ether oxygens (including phenoxy) is 1. The van der Waals surface area contributed by atoms with E-state index in [1.54, 1.807) is 13.0 Å². The van der Waals surface area contributed by atoms with Crippen LogP contribution in [0.3, 0.4) is 0 Å². The first kappa shape index (κ1) is 22.0. The Balaban J connectivity index is 2.45. The van der Waals surface area contributed by atoms with Crippen molar-refractivity contribution in [1.82, 2.24) is 4.90 Å². The van der Waals surface area contributed by atoms with Crippen LogP contribution >= 0.6 is 0 Å². The lowest BCUT2D eigenvalue weighted by Crippen LogP contribution is -2.32. The van der Waals surface area contributed by atoms with Gasteiger partial charge in [-0.25, -0.2) is 0 Å². The van der Waals surface area contributed by atoms with E-state index < -0.39 is 6.10 Å². The molecule has 1 fully saturated rings. The SMILES string of the molecule is CC#CC[C@H](C)[C@H](O)C=CC1CCC(=O)N1CC=CCCCC(=O)OC. The van der Waals surface area contributed by atoms with Gasteiger partial charge in [-0.3, -0.25) is 9.59 Å². The van der Waals surface area contributed by atoms with Crippen LogP contribution in [0.1, 0.15) is 52.4 Å². The highest BCUT2D eigenvalue weighted by Crippen LogP contribution is 2.20. The minimum absolute atomic E-state index is 0.0290. The van der Waals surface area contributed by atoms with Gasteiger partial charge in [0, 0.05) is 25.8 Å². The summed E-state index contributed by atoms with van der Waals surface area (Å²) in [5, 5.41) is 10.2. The molecule has 1 heterocycles. The number of carbonyl (C=O) groups is 2. The van der Waals surface area contributed by atoms with Crippen LogP contribution in [0.2, 0.25) is 0 Å². The fourth-order valence-corrected chi connectivity index (χ4v) is 2.78. The number of amides is 1. The summed E-state index contributed by atoms with van der Waals surface area (Å²) in [6.07, 6.45) is 11.1. The number of methoxy groups -OCH3 is 1. The second-order valence-electron chi connectivity index (χ2n) is 6.58. The lowest BCUT2D eigenvalue weighted by molar-refractivity contribution is -0.140. The molecule has 0 aromatic rings. The number of nitrogens with zero attached hydrogens (tertiary/aromatic N) is 1. The van der Waals surface area contributed by atoms with Gasteiger partial charge >= 0.3 is 5.97 Å². The molecule has 0 radical (unpaired) electrons. The molecule has 0 aromatic heterocycles. The van der Waals surface area contributed by atoms with Crippen molar-refractivity contribution >= 4 is 11.9 Å². The van der Waals surface area contributed by atoms with Gasteiger partial charge in [-0.2, -0.15) is 0 Å². The Kier molecular flexibility index (Phi) is 10.4. The highest BCUT2D eigenvalue weighted by Gasteiger charge is 2.28. The zero-order chi connectivity index (χ0) is 19.4. The molecule has 0 bridgehead atoms. The number of hydrogen-bond acceptors (Lipinski definition) is 4. The van der Waals surface area contributed by atoms with Gasteiger partial charge in [-0.15, -0.1) is 11.8 Å². The van der Waals surface area contributed by atoms with Crippen molar-refractivity contribution < 1.29 is 19.4 Å². The molecule has 5 heteroatoms. The minimum atomic E-state index is -0.553. The molecule has 1 saturated heterocycles. The third-order valence-corrected chi connectivity index (χ3v) is 4.54. The van der Waals surface area contributed by atoms with Crippen molar-refractivity contribution in [2.24, 2.45) is 5.92 Å². The van der Waals surface area contributed by atoms with Crippen LogP contribution in [-0.2, 0) is 14.3 Å². The summed E-state index contributed by atoms with van der Waals surface area (Å²) < 4.78 is 4.60. The average molecular weight is 361 g/mol. The number of esters is 1. The van der Waals surface area contributed by atoms with Crippen molar-refractivity contribution in [3.05, 3.63) is 24.3 Å². The van der Waals surface area contributed by atoms with Gasteiger partial charge in [0.1, 0.15) is 0 Å². The summed E-state index contributed by atoms with van der Waals surface area (Å²) in [5.41, 5.74) is 0. The minimum Gasteiger partial charge on any atom is -0.469 e. The number of aliphatic hydroxyl groups is 1. The van der Waals surface area contributed by atoms with E-state index in [-0.39, 0.29) is 23.8 Å². The standard InChI is InChI=1S/C21H31NO4/c1-4-5-10-17(2)19(23)14-12-18-13-15-20(24)22(18)16-9-7-6-8-11-21(25)26-3/h7,9,12,14,17-19,23H,6,8,10-11,13,15-16H2,1-3H3/t17-,18?,19+/m0/s1. The normalized spacial score (nSPS) is 19.6. The second-order valence-corrected chi connectivity index (χ2v) is 6.58. The Hall–Kier alpha value is -2.06. The molecule has 3 atom stereocenters. The van der Waals surface area contributed by atoms with E-state index in [0.29, 0.717) is 25.8 Å². The van der Waals surface area contributed by atoms with Gasteiger partial charge in [0.2, 0.25) is 5.91 Å². The van der Waals surface area contributed by atoms with Crippen molar-refractivity contribution in [3.8, 4) is 11.8 Å². The molecule has 0 spiro atoms. The second kappa shape index (κ2) is 12.3. The number of hydrogen-bond donors (Lipinski definition) is 1. The van der Waals surface area contributed by atoms with Crippen LogP contribution in [0.4, 0.5) is 0 Å². The number of aliphatic hydroxyl groups excluding tert-OH is 1. The van der Waals surface area contributed by atoms with Crippen LogP contribution in [-0.4, -0.2) is 47.7 Å². The van der Waals surface area contributed by atoms with Crippen LogP contribution in [0.5, 0.6) is 0 Å². The lowest BCUT2D eigenvalue weighted by atomic mass is 10.00. The molecule has 0 aliphatic carbocycles. The largest absolute Gasteiger partial charge is 0.469 e. The molecule has 0 saturated carbocycles. The molecule has 1 aliphatic heterocycles. The van der Waals surface area contributed by atoms with Crippen LogP contribution < -0.4 is 0 Å². The Bertz CT molecular complexity index is 570. The van der Waals surface area contributed by atoms with Crippen LogP contribution in [0, 0.1) is 17.8 Å². The summed E-state index contributed by atoms with van der Waals surface area (Å²) in [4.78, 5) is 24.9.